The monoisotopic (exact) mass is 276 g/mol. The van der Waals surface area contributed by atoms with Crippen molar-refractivity contribution in [1.82, 2.24) is 0 Å². The molecular weight excluding hydrogens is 271 g/mol. The highest BCUT2D eigenvalue weighted by molar-refractivity contribution is 9.10. The fourth-order valence-corrected chi connectivity index (χ4v) is 4.00. The summed E-state index contributed by atoms with van der Waals surface area (Å²) in [5, 5.41) is 3.18. The second kappa shape index (κ2) is 3.59. The van der Waals surface area contributed by atoms with Gasteiger partial charge in [0.25, 0.3) is 0 Å². The summed E-state index contributed by atoms with van der Waals surface area (Å²) in [6.45, 7) is 0. The molecule has 0 saturated carbocycles. The van der Waals surface area contributed by atoms with E-state index in [0.29, 0.717) is 0 Å². The van der Waals surface area contributed by atoms with Gasteiger partial charge in [0.2, 0.25) is 0 Å². The molecule has 0 fully saturated rings. The number of thioether (sulfide) groups is 1. The number of benzene rings is 1. The first-order valence-electron chi connectivity index (χ1n) is 3.62. The van der Waals surface area contributed by atoms with Crippen molar-refractivity contribution in [1.29, 1.82) is 0 Å². The summed E-state index contributed by atoms with van der Waals surface area (Å²) in [6.07, 6.45) is 2.03. The third-order valence-corrected chi connectivity index (χ3v) is 4.24. The van der Waals surface area contributed by atoms with Crippen LogP contribution in [0.5, 0.6) is 0 Å². The Morgan fingerprint density at radius 1 is 1.46 bits per heavy atom. The van der Waals surface area contributed by atoms with E-state index < -0.39 is 0 Å². The average molecular weight is 277 g/mol. The number of hydrogen-bond acceptors (Lipinski definition) is 2. The number of fused-ring (bicyclic) bond motifs is 1. The largest absolute Gasteiger partial charge is 0.207 e. The lowest BCUT2D eigenvalue weighted by molar-refractivity contribution is 0.629. The molecule has 13 heavy (non-hydrogen) atoms. The Labute approximate surface area is 92.3 Å². The highest BCUT2D eigenvalue weighted by Crippen LogP contribution is 2.37. The molecule has 0 N–H and O–H groups in total. The molecule has 0 radical (unpaired) electrons. The lowest BCUT2D eigenvalue weighted by Crippen LogP contribution is -1.75. The van der Waals surface area contributed by atoms with Crippen molar-refractivity contribution in [3.63, 3.8) is 0 Å². The maximum atomic E-state index is 13.0. The molecule has 0 unspecified atom stereocenters. The average Bonchev–Trinajstić information content (AvgIpc) is 2.47. The quantitative estimate of drug-likeness (QED) is 0.690. The van der Waals surface area contributed by atoms with Crippen molar-refractivity contribution >= 4 is 49.1 Å². The number of hydrogen-bond donors (Lipinski definition) is 0. The zero-order valence-corrected chi connectivity index (χ0v) is 10.0. The molecule has 4 heteroatoms. The predicted octanol–water partition coefficient (Wildman–Crippen LogP) is 4.52. The molecule has 0 aliphatic rings. The number of rotatable bonds is 1. The molecule has 2 aromatic rings. The maximum Gasteiger partial charge on any atom is 0.125 e. The molecule has 0 nitrogen and oxygen atoms in total. The minimum Gasteiger partial charge on any atom is -0.207 e. The van der Waals surface area contributed by atoms with Crippen molar-refractivity contribution in [3.8, 4) is 0 Å². The topological polar surface area (TPSA) is 0 Å². The van der Waals surface area contributed by atoms with Crippen LogP contribution in [0.15, 0.2) is 26.9 Å². The molecule has 68 valence electrons. The third-order valence-electron chi connectivity index (χ3n) is 1.78. The van der Waals surface area contributed by atoms with Gasteiger partial charge in [-0.15, -0.1) is 23.1 Å². The van der Waals surface area contributed by atoms with E-state index in [-0.39, 0.29) is 5.82 Å². The summed E-state index contributed by atoms with van der Waals surface area (Å²) in [5.74, 6) is -0.186. The van der Waals surface area contributed by atoms with Crippen molar-refractivity contribution in [3.05, 3.63) is 27.8 Å². The fourth-order valence-electron chi connectivity index (χ4n) is 1.21. The molecule has 2 rings (SSSR count). The molecule has 0 atom stereocenters. The van der Waals surface area contributed by atoms with Crippen LogP contribution in [-0.4, -0.2) is 6.26 Å². The van der Waals surface area contributed by atoms with Gasteiger partial charge in [-0.05, 0) is 34.3 Å². The summed E-state index contributed by atoms with van der Waals surface area (Å²) in [4.78, 5) is 1.20. The molecule has 0 saturated heterocycles. The van der Waals surface area contributed by atoms with E-state index in [1.165, 1.54) is 11.0 Å². The lowest BCUT2D eigenvalue weighted by atomic mass is 10.2. The Balaban J connectivity index is 2.82. The number of halogens is 2. The minimum atomic E-state index is -0.186. The van der Waals surface area contributed by atoms with E-state index in [9.17, 15) is 4.39 Å². The summed E-state index contributed by atoms with van der Waals surface area (Å²) in [6, 6.07) is 3.08. The van der Waals surface area contributed by atoms with Gasteiger partial charge in [-0.1, -0.05) is 0 Å². The van der Waals surface area contributed by atoms with Crippen LogP contribution in [0.1, 0.15) is 0 Å². The van der Waals surface area contributed by atoms with Crippen LogP contribution in [0.4, 0.5) is 4.39 Å². The van der Waals surface area contributed by atoms with Gasteiger partial charge in [-0.3, -0.25) is 0 Å². The van der Waals surface area contributed by atoms with E-state index in [2.05, 4.69) is 21.3 Å². The first kappa shape index (κ1) is 9.49. The van der Waals surface area contributed by atoms with Crippen LogP contribution in [0, 0.1) is 5.82 Å². The van der Waals surface area contributed by atoms with E-state index in [0.717, 1.165) is 14.6 Å². The van der Waals surface area contributed by atoms with Crippen molar-refractivity contribution in [2.24, 2.45) is 0 Å². The highest BCUT2D eigenvalue weighted by Gasteiger charge is 2.08. The first-order chi connectivity index (χ1) is 6.22. The summed E-state index contributed by atoms with van der Waals surface area (Å²) >= 11 is 6.63. The maximum absolute atomic E-state index is 13.0. The zero-order valence-electron chi connectivity index (χ0n) is 6.80. The minimum absolute atomic E-state index is 0.186. The standard InChI is InChI=1S/C9H6BrFS2/c1-12-8-4-13-7-3-5(11)2-6(10)9(7)8/h2-4H,1H3. The SMILES string of the molecule is CSc1csc2cc(F)cc(Br)c12. The van der Waals surface area contributed by atoms with E-state index >= 15 is 0 Å². The van der Waals surface area contributed by atoms with Crippen molar-refractivity contribution in [2.45, 2.75) is 4.90 Å². The van der Waals surface area contributed by atoms with Crippen LogP contribution in [0.3, 0.4) is 0 Å². The van der Waals surface area contributed by atoms with Gasteiger partial charge < -0.3 is 0 Å². The Hall–Kier alpha value is -0.0600. The van der Waals surface area contributed by atoms with Crippen LogP contribution >= 0.6 is 39.0 Å². The van der Waals surface area contributed by atoms with Gasteiger partial charge in [-0.2, -0.15) is 0 Å². The molecule has 0 aliphatic heterocycles. The Kier molecular flexibility index (Phi) is 2.62. The van der Waals surface area contributed by atoms with Gasteiger partial charge in [0.1, 0.15) is 5.82 Å². The normalized spacial score (nSPS) is 11.0. The summed E-state index contributed by atoms with van der Waals surface area (Å²) in [5.41, 5.74) is 0. The molecule has 0 bridgehead atoms. The van der Waals surface area contributed by atoms with E-state index in [1.54, 1.807) is 29.2 Å². The van der Waals surface area contributed by atoms with E-state index in [1.807, 2.05) is 6.26 Å². The van der Waals surface area contributed by atoms with Gasteiger partial charge in [0.05, 0.1) is 0 Å². The number of thiophene rings is 1. The molecule has 1 heterocycles. The second-order valence-corrected chi connectivity index (χ2v) is 5.18. The molecule has 0 spiro atoms. The smallest absolute Gasteiger partial charge is 0.125 e. The molecule has 0 aliphatic carbocycles. The van der Waals surface area contributed by atoms with Crippen LogP contribution in [0.25, 0.3) is 10.1 Å². The second-order valence-electron chi connectivity index (χ2n) is 2.56. The zero-order chi connectivity index (χ0) is 9.42. The van der Waals surface area contributed by atoms with E-state index in [4.69, 9.17) is 0 Å². The first-order valence-corrected chi connectivity index (χ1v) is 6.52. The third kappa shape index (κ3) is 1.63. The van der Waals surface area contributed by atoms with Crippen molar-refractivity contribution < 1.29 is 4.39 Å². The Morgan fingerprint density at radius 3 is 2.92 bits per heavy atom. The molecule has 0 amide bonds. The van der Waals surface area contributed by atoms with Gasteiger partial charge in [0.15, 0.2) is 0 Å². The summed E-state index contributed by atoms with van der Waals surface area (Å²) < 4.78 is 14.8. The van der Waals surface area contributed by atoms with Gasteiger partial charge >= 0.3 is 0 Å². The highest BCUT2D eigenvalue weighted by atomic mass is 79.9. The predicted molar refractivity (Wildman–Crippen MR) is 61.3 cm³/mol. The molecule has 1 aromatic carbocycles. The molecule has 1 aromatic heterocycles. The van der Waals surface area contributed by atoms with Crippen molar-refractivity contribution in [2.75, 3.05) is 6.26 Å². The molecular formula is C9H6BrFS2. The fraction of sp³-hybridized carbons (Fsp3) is 0.111. The Bertz CT molecular complexity index is 450. The van der Waals surface area contributed by atoms with Crippen LogP contribution < -0.4 is 0 Å². The summed E-state index contributed by atoms with van der Waals surface area (Å²) in [7, 11) is 0. The van der Waals surface area contributed by atoms with Gasteiger partial charge in [-0.25, -0.2) is 4.39 Å². The van der Waals surface area contributed by atoms with Gasteiger partial charge in [0, 0.05) is 24.8 Å². The lowest BCUT2D eigenvalue weighted by Gasteiger charge is -1.97. The Morgan fingerprint density at radius 2 is 2.23 bits per heavy atom. The van der Waals surface area contributed by atoms with Crippen LogP contribution in [-0.2, 0) is 0 Å². The van der Waals surface area contributed by atoms with Crippen LogP contribution in [0.2, 0.25) is 0 Å².